The Bertz CT molecular complexity index is 1130. The van der Waals surface area contributed by atoms with Crippen molar-refractivity contribution in [1.29, 1.82) is 0 Å². The molecule has 8 heteroatoms. The maximum absolute atomic E-state index is 12.8. The zero-order chi connectivity index (χ0) is 21.6. The molecule has 7 nitrogen and oxygen atoms in total. The molecule has 0 spiro atoms. The van der Waals surface area contributed by atoms with E-state index in [4.69, 9.17) is 9.88 Å². The molecule has 1 amide bonds. The third kappa shape index (κ3) is 5.55. The van der Waals surface area contributed by atoms with Gasteiger partial charge in [-0.2, -0.15) is 0 Å². The molecule has 158 valence electrons. The summed E-state index contributed by atoms with van der Waals surface area (Å²) in [4.78, 5) is 17.4. The minimum atomic E-state index is -3.71. The molecule has 0 bridgehead atoms. The second-order valence-electron chi connectivity index (χ2n) is 6.93. The summed E-state index contributed by atoms with van der Waals surface area (Å²) < 4.78 is 28.4. The van der Waals surface area contributed by atoms with E-state index in [1.165, 1.54) is 12.1 Å². The number of ether oxygens (including phenoxy) is 1. The van der Waals surface area contributed by atoms with Gasteiger partial charge in [0.05, 0.1) is 17.0 Å². The molecule has 0 unspecified atom stereocenters. The summed E-state index contributed by atoms with van der Waals surface area (Å²) in [6.45, 7) is 2.95. The van der Waals surface area contributed by atoms with Crippen LogP contribution in [0.25, 0.3) is 10.9 Å². The van der Waals surface area contributed by atoms with Crippen molar-refractivity contribution in [1.82, 2.24) is 10.3 Å². The maximum atomic E-state index is 12.8. The van der Waals surface area contributed by atoms with E-state index in [9.17, 15) is 13.2 Å². The van der Waals surface area contributed by atoms with Gasteiger partial charge in [0.1, 0.15) is 5.56 Å². The predicted octanol–water partition coefficient (Wildman–Crippen LogP) is 3.03. The minimum Gasteiger partial charge on any atom is -0.477 e. The third-order valence-electron chi connectivity index (χ3n) is 4.62. The number of rotatable bonds is 9. The van der Waals surface area contributed by atoms with Crippen molar-refractivity contribution >= 4 is 26.8 Å². The molecule has 1 aromatic heterocycles. The highest BCUT2D eigenvalue weighted by Gasteiger charge is 2.16. The SMILES string of the molecule is CCCCOc1nc2ccccc2cc1C(=O)NCCc1ccc(S(N)(=O)=O)cc1. The second kappa shape index (κ2) is 9.69. The Labute approximate surface area is 176 Å². The lowest BCUT2D eigenvalue weighted by Gasteiger charge is -2.12. The van der Waals surface area contributed by atoms with Gasteiger partial charge in [-0.1, -0.05) is 43.7 Å². The molecule has 0 aliphatic rings. The molecule has 0 radical (unpaired) electrons. The van der Waals surface area contributed by atoms with Crippen LogP contribution in [0, 0.1) is 0 Å². The van der Waals surface area contributed by atoms with E-state index >= 15 is 0 Å². The molecule has 2 aromatic carbocycles. The van der Waals surface area contributed by atoms with Gasteiger partial charge in [0.2, 0.25) is 15.9 Å². The first kappa shape index (κ1) is 21.7. The number of nitrogens with zero attached hydrogens (tertiary/aromatic N) is 1. The largest absolute Gasteiger partial charge is 0.477 e. The summed E-state index contributed by atoms with van der Waals surface area (Å²) in [5.41, 5.74) is 2.06. The number of benzene rings is 2. The van der Waals surface area contributed by atoms with Crippen LogP contribution >= 0.6 is 0 Å². The molecule has 0 saturated heterocycles. The summed E-state index contributed by atoms with van der Waals surface area (Å²) >= 11 is 0. The van der Waals surface area contributed by atoms with Crippen LogP contribution in [0.3, 0.4) is 0 Å². The number of carbonyl (C=O) groups excluding carboxylic acids is 1. The van der Waals surface area contributed by atoms with Gasteiger partial charge in [-0.25, -0.2) is 18.5 Å². The fraction of sp³-hybridized carbons (Fsp3) is 0.273. The number of pyridine rings is 1. The predicted molar refractivity (Wildman–Crippen MR) is 116 cm³/mol. The first-order valence-electron chi connectivity index (χ1n) is 9.81. The normalized spacial score (nSPS) is 11.4. The zero-order valence-corrected chi connectivity index (χ0v) is 17.6. The van der Waals surface area contributed by atoms with Crippen molar-refractivity contribution in [3.63, 3.8) is 0 Å². The van der Waals surface area contributed by atoms with E-state index < -0.39 is 10.0 Å². The van der Waals surface area contributed by atoms with E-state index in [0.29, 0.717) is 31.0 Å². The Hall–Kier alpha value is -2.97. The lowest BCUT2D eigenvalue weighted by molar-refractivity contribution is 0.0949. The van der Waals surface area contributed by atoms with E-state index in [0.717, 1.165) is 29.3 Å². The molecule has 0 fully saturated rings. The average Bonchev–Trinajstić information content (AvgIpc) is 2.73. The van der Waals surface area contributed by atoms with Crippen LogP contribution < -0.4 is 15.2 Å². The number of nitrogens with two attached hydrogens (primary N) is 1. The van der Waals surface area contributed by atoms with Gasteiger partial charge < -0.3 is 10.1 Å². The summed E-state index contributed by atoms with van der Waals surface area (Å²) in [6.07, 6.45) is 2.41. The Balaban J connectivity index is 1.70. The zero-order valence-electron chi connectivity index (χ0n) is 16.8. The summed E-state index contributed by atoms with van der Waals surface area (Å²) in [7, 11) is -3.71. The number of primary sulfonamides is 1. The molecule has 0 saturated carbocycles. The fourth-order valence-corrected chi connectivity index (χ4v) is 3.46. The number of carbonyl (C=O) groups is 1. The number of hydrogen-bond acceptors (Lipinski definition) is 5. The lowest BCUT2D eigenvalue weighted by Crippen LogP contribution is -2.26. The molecule has 3 aromatic rings. The molecular weight excluding hydrogens is 402 g/mol. The van der Waals surface area contributed by atoms with Crippen molar-refractivity contribution in [2.45, 2.75) is 31.1 Å². The maximum Gasteiger partial charge on any atom is 0.256 e. The van der Waals surface area contributed by atoms with Crippen molar-refractivity contribution in [3.05, 3.63) is 65.7 Å². The second-order valence-corrected chi connectivity index (χ2v) is 8.49. The van der Waals surface area contributed by atoms with Crippen LogP contribution in [0.5, 0.6) is 5.88 Å². The Morgan fingerprint density at radius 2 is 1.87 bits per heavy atom. The molecule has 0 aliphatic carbocycles. The van der Waals surface area contributed by atoms with Crippen molar-refractivity contribution in [3.8, 4) is 5.88 Å². The fourth-order valence-electron chi connectivity index (χ4n) is 2.95. The number of aromatic nitrogens is 1. The van der Waals surface area contributed by atoms with E-state index in [2.05, 4.69) is 17.2 Å². The molecule has 0 aliphatic heterocycles. The first-order chi connectivity index (χ1) is 14.4. The summed E-state index contributed by atoms with van der Waals surface area (Å²) in [6, 6.07) is 15.7. The number of unbranched alkanes of at least 4 members (excludes halogenated alkanes) is 1. The minimum absolute atomic E-state index is 0.0615. The molecule has 3 N–H and O–H groups in total. The molecule has 30 heavy (non-hydrogen) atoms. The van der Waals surface area contributed by atoms with Gasteiger partial charge in [0.25, 0.3) is 5.91 Å². The molecule has 3 rings (SSSR count). The van der Waals surface area contributed by atoms with Gasteiger partial charge in [-0.15, -0.1) is 0 Å². The highest BCUT2D eigenvalue weighted by Crippen LogP contribution is 2.22. The molecule has 1 heterocycles. The van der Waals surface area contributed by atoms with Gasteiger partial charge in [0.15, 0.2) is 0 Å². The van der Waals surface area contributed by atoms with E-state index in [-0.39, 0.29) is 10.8 Å². The average molecular weight is 428 g/mol. The van der Waals surface area contributed by atoms with Crippen LogP contribution in [0.4, 0.5) is 0 Å². The van der Waals surface area contributed by atoms with Crippen LogP contribution in [-0.4, -0.2) is 32.5 Å². The molecule has 0 atom stereocenters. The number of nitrogens with one attached hydrogen (secondary N) is 1. The summed E-state index contributed by atoms with van der Waals surface area (Å²) in [5, 5.41) is 8.86. The quantitative estimate of drug-likeness (QED) is 0.510. The number of para-hydroxylation sites is 1. The highest BCUT2D eigenvalue weighted by atomic mass is 32.2. The lowest BCUT2D eigenvalue weighted by atomic mass is 10.1. The molecular formula is C22H25N3O4S. The highest BCUT2D eigenvalue weighted by molar-refractivity contribution is 7.89. The number of hydrogen-bond donors (Lipinski definition) is 2. The monoisotopic (exact) mass is 427 g/mol. The van der Waals surface area contributed by atoms with Gasteiger partial charge in [0, 0.05) is 11.9 Å². The van der Waals surface area contributed by atoms with E-state index in [1.807, 2.05) is 24.3 Å². The topological polar surface area (TPSA) is 111 Å². The van der Waals surface area contributed by atoms with Gasteiger partial charge in [-0.05, 0) is 42.7 Å². The summed E-state index contributed by atoms with van der Waals surface area (Å²) in [5.74, 6) is 0.0677. The van der Waals surface area contributed by atoms with Gasteiger partial charge >= 0.3 is 0 Å². The van der Waals surface area contributed by atoms with Gasteiger partial charge in [-0.3, -0.25) is 4.79 Å². The van der Waals surface area contributed by atoms with Crippen molar-refractivity contribution in [2.75, 3.05) is 13.2 Å². The van der Waals surface area contributed by atoms with Crippen molar-refractivity contribution < 1.29 is 17.9 Å². The third-order valence-corrected chi connectivity index (χ3v) is 5.55. The number of fused-ring (bicyclic) bond motifs is 1. The van der Waals surface area contributed by atoms with Crippen LogP contribution in [0.15, 0.2) is 59.5 Å². The van der Waals surface area contributed by atoms with Crippen molar-refractivity contribution in [2.24, 2.45) is 5.14 Å². The first-order valence-corrected chi connectivity index (χ1v) is 11.4. The van der Waals surface area contributed by atoms with E-state index in [1.54, 1.807) is 18.2 Å². The standard InChI is InChI=1S/C22H25N3O4S/c1-2-3-14-29-22-19(15-17-6-4-5-7-20(17)25-22)21(26)24-13-12-16-8-10-18(11-9-16)30(23,27)28/h4-11,15H,2-3,12-14H2,1H3,(H,24,26)(H2,23,27,28). The Morgan fingerprint density at radius 3 is 2.57 bits per heavy atom. The smallest absolute Gasteiger partial charge is 0.256 e. The number of sulfonamides is 1. The number of amides is 1. The van der Waals surface area contributed by atoms with Crippen LogP contribution in [0.1, 0.15) is 35.7 Å². The Kier molecular flexibility index (Phi) is 7.02. The van der Waals surface area contributed by atoms with Crippen LogP contribution in [0.2, 0.25) is 0 Å². The Morgan fingerprint density at radius 1 is 1.13 bits per heavy atom. The van der Waals surface area contributed by atoms with Crippen LogP contribution in [-0.2, 0) is 16.4 Å².